The van der Waals surface area contributed by atoms with Gasteiger partial charge in [0, 0.05) is 43.2 Å². The maximum Gasteiger partial charge on any atom is 0.340 e. The molecule has 10 atom stereocenters. The normalized spacial score (nSPS) is 43.4. The molecule has 10 unspecified atom stereocenters. The minimum absolute atomic E-state index is 0.0465. The summed E-state index contributed by atoms with van der Waals surface area (Å²) in [5, 5.41) is 9.85. The van der Waals surface area contributed by atoms with Crippen molar-refractivity contribution in [1.29, 1.82) is 0 Å². The summed E-state index contributed by atoms with van der Waals surface area (Å²) in [6, 6.07) is -0.721. The standard InChI is InChI=1S/C28H35FN4O4/c29-20-11-18-24-27(25(20)32-8-5-17(13-32)21-12-30-6-7-31-21)37-23-10-16-4-2-1-3-15(16)9-22(23)33(24)14-19(26(18)34)28(35)36/h6-7,12,14-18,20,22-25,27H,1-5,8-11,13H2,(H,35,36). The highest BCUT2D eigenvalue weighted by Crippen LogP contribution is 2.51. The number of halogens is 1. The summed E-state index contributed by atoms with van der Waals surface area (Å²) in [5.74, 6) is -0.906. The maximum absolute atomic E-state index is 16.1. The van der Waals surface area contributed by atoms with Crippen LogP contribution in [0.1, 0.15) is 63.0 Å². The van der Waals surface area contributed by atoms with Crippen molar-refractivity contribution in [1.82, 2.24) is 19.8 Å². The van der Waals surface area contributed by atoms with Crippen molar-refractivity contribution in [3.63, 3.8) is 0 Å². The molecule has 5 fully saturated rings. The highest BCUT2D eigenvalue weighted by Gasteiger charge is 2.61. The summed E-state index contributed by atoms with van der Waals surface area (Å²) < 4.78 is 23.0. The fourth-order valence-corrected chi connectivity index (χ4v) is 8.68. The lowest BCUT2D eigenvalue weighted by Gasteiger charge is -2.61. The second-order valence-corrected chi connectivity index (χ2v) is 12.1. The first kappa shape index (κ1) is 23.7. The average Bonchev–Trinajstić information content (AvgIpc) is 3.39. The third kappa shape index (κ3) is 3.83. The van der Waals surface area contributed by atoms with Gasteiger partial charge in [0.1, 0.15) is 11.7 Å². The quantitative estimate of drug-likeness (QED) is 0.621. The number of ether oxygens (including phenoxy) is 1. The third-order valence-corrected chi connectivity index (χ3v) is 10.3. The molecule has 0 bridgehead atoms. The van der Waals surface area contributed by atoms with Crippen molar-refractivity contribution < 1.29 is 23.8 Å². The summed E-state index contributed by atoms with van der Waals surface area (Å²) in [7, 11) is 0. The minimum Gasteiger partial charge on any atom is -0.478 e. The summed E-state index contributed by atoms with van der Waals surface area (Å²) >= 11 is 0. The zero-order valence-corrected chi connectivity index (χ0v) is 21.0. The van der Waals surface area contributed by atoms with Crippen molar-refractivity contribution in [2.24, 2.45) is 17.8 Å². The van der Waals surface area contributed by atoms with E-state index in [9.17, 15) is 14.7 Å². The van der Waals surface area contributed by atoms with Gasteiger partial charge >= 0.3 is 5.97 Å². The molecule has 6 aliphatic rings. The Bertz CT molecular complexity index is 1100. The van der Waals surface area contributed by atoms with Crippen LogP contribution in [-0.2, 0) is 14.3 Å². The highest BCUT2D eigenvalue weighted by atomic mass is 19.1. The number of carboxylic acid groups (broad SMARTS) is 1. The summed E-state index contributed by atoms with van der Waals surface area (Å²) in [4.78, 5) is 38.4. The summed E-state index contributed by atoms with van der Waals surface area (Å²) in [6.45, 7) is 1.43. The van der Waals surface area contributed by atoms with Crippen LogP contribution < -0.4 is 0 Å². The van der Waals surface area contributed by atoms with Gasteiger partial charge in [0.2, 0.25) is 0 Å². The molecule has 7 rings (SSSR count). The fraction of sp³-hybridized carbons (Fsp3) is 0.714. The molecule has 3 aliphatic carbocycles. The molecule has 0 aromatic carbocycles. The van der Waals surface area contributed by atoms with Crippen molar-refractivity contribution in [3.8, 4) is 0 Å². The molecule has 1 aromatic rings. The van der Waals surface area contributed by atoms with E-state index in [4.69, 9.17) is 4.74 Å². The Hall–Kier alpha value is -2.39. The molecule has 3 saturated carbocycles. The number of morpholine rings is 1. The van der Waals surface area contributed by atoms with Crippen LogP contribution in [0, 0.1) is 17.8 Å². The summed E-state index contributed by atoms with van der Waals surface area (Å²) in [6.07, 6.45) is 12.7. The number of hydrogen-bond donors (Lipinski definition) is 1. The first-order valence-electron chi connectivity index (χ1n) is 14.1. The van der Waals surface area contributed by atoms with Crippen LogP contribution in [0.2, 0.25) is 0 Å². The number of ketones is 1. The number of hydrogen-bond acceptors (Lipinski definition) is 7. The number of likely N-dealkylation sites (tertiary alicyclic amines) is 1. The highest BCUT2D eigenvalue weighted by molar-refractivity contribution is 6.18. The first-order valence-corrected chi connectivity index (χ1v) is 14.1. The zero-order valence-electron chi connectivity index (χ0n) is 21.0. The number of nitrogens with zero attached hydrogens (tertiary/aromatic N) is 4. The molecule has 9 heteroatoms. The number of carbonyl (C=O) groups excluding carboxylic acids is 1. The van der Waals surface area contributed by atoms with E-state index in [1.54, 1.807) is 24.8 Å². The molecular formula is C28H35FN4O4. The largest absolute Gasteiger partial charge is 0.478 e. The van der Waals surface area contributed by atoms with Crippen molar-refractivity contribution in [3.05, 3.63) is 36.1 Å². The van der Waals surface area contributed by atoms with Crippen LogP contribution in [-0.4, -0.2) is 86.2 Å². The van der Waals surface area contributed by atoms with Gasteiger partial charge in [-0.3, -0.25) is 19.7 Å². The van der Waals surface area contributed by atoms with Gasteiger partial charge in [-0.05, 0) is 44.1 Å². The van der Waals surface area contributed by atoms with Gasteiger partial charge in [-0.2, -0.15) is 0 Å². The van der Waals surface area contributed by atoms with Crippen LogP contribution in [0.5, 0.6) is 0 Å². The number of aromatic nitrogens is 2. The van der Waals surface area contributed by atoms with Gasteiger partial charge in [-0.25, -0.2) is 9.18 Å². The number of alkyl halides is 1. The first-order chi connectivity index (χ1) is 18.0. The average molecular weight is 511 g/mol. The Morgan fingerprint density at radius 3 is 2.65 bits per heavy atom. The molecule has 4 heterocycles. The van der Waals surface area contributed by atoms with Gasteiger partial charge in [-0.15, -0.1) is 0 Å². The Morgan fingerprint density at radius 2 is 1.89 bits per heavy atom. The number of carbonyl (C=O) groups is 2. The smallest absolute Gasteiger partial charge is 0.340 e. The number of fused-ring (bicyclic) bond motifs is 3. The molecule has 8 nitrogen and oxygen atoms in total. The van der Waals surface area contributed by atoms with Gasteiger partial charge in [0.15, 0.2) is 5.78 Å². The van der Waals surface area contributed by atoms with Crippen molar-refractivity contribution >= 4 is 11.8 Å². The van der Waals surface area contributed by atoms with E-state index >= 15 is 4.39 Å². The number of rotatable bonds is 3. The monoisotopic (exact) mass is 510 g/mol. The van der Waals surface area contributed by atoms with Gasteiger partial charge in [0.05, 0.1) is 36.0 Å². The van der Waals surface area contributed by atoms with Crippen LogP contribution >= 0.6 is 0 Å². The Kier molecular flexibility index (Phi) is 5.84. The van der Waals surface area contributed by atoms with Crippen LogP contribution in [0.3, 0.4) is 0 Å². The second-order valence-electron chi connectivity index (χ2n) is 12.1. The number of Topliss-reactive ketones (excluding diaryl/α,β-unsaturated/α-hetero) is 1. The molecule has 0 radical (unpaired) electrons. The van der Waals surface area contributed by atoms with Crippen molar-refractivity contribution in [2.75, 3.05) is 13.1 Å². The SMILES string of the molecule is O=C(O)C1=CN2C3CC4CCCCC4CC3OC3C(N4CCC(c5cnccn5)C4)C(F)CC(C1=O)C32. The van der Waals surface area contributed by atoms with E-state index in [0.717, 1.165) is 31.5 Å². The molecule has 3 aliphatic heterocycles. The maximum atomic E-state index is 16.1. The summed E-state index contributed by atoms with van der Waals surface area (Å²) in [5.41, 5.74) is 0.735. The number of aliphatic carboxylic acids is 1. The zero-order chi connectivity index (χ0) is 25.3. The van der Waals surface area contributed by atoms with Crippen LogP contribution in [0.25, 0.3) is 0 Å². The molecule has 198 valence electrons. The molecular weight excluding hydrogens is 475 g/mol. The van der Waals surface area contributed by atoms with E-state index in [2.05, 4.69) is 19.8 Å². The Labute approximate surface area is 216 Å². The van der Waals surface area contributed by atoms with E-state index in [1.807, 2.05) is 0 Å². The second kappa shape index (κ2) is 9.12. The molecule has 0 amide bonds. The molecule has 37 heavy (non-hydrogen) atoms. The van der Waals surface area contributed by atoms with Crippen molar-refractivity contribution in [2.45, 2.75) is 93.8 Å². The predicted molar refractivity (Wildman–Crippen MR) is 131 cm³/mol. The van der Waals surface area contributed by atoms with Gasteiger partial charge in [-0.1, -0.05) is 25.7 Å². The van der Waals surface area contributed by atoms with Crippen LogP contribution in [0.4, 0.5) is 4.39 Å². The topological polar surface area (TPSA) is 95.9 Å². The van der Waals surface area contributed by atoms with E-state index < -0.39 is 36.0 Å². The van der Waals surface area contributed by atoms with Gasteiger partial charge in [0.25, 0.3) is 0 Å². The van der Waals surface area contributed by atoms with Crippen LogP contribution in [0.15, 0.2) is 30.4 Å². The molecule has 1 N–H and O–H groups in total. The number of carboxylic acids is 1. The lowest BCUT2D eigenvalue weighted by molar-refractivity contribution is -0.219. The molecule has 0 spiro atoms. The third-order valence-electron chi connectivity index (χ3n) is 10.3. The van der Waals surface area contributed by atoms with E-state index in [0.29, 0.717) is 18.4 Å². The van der Waals surface area contributed by atoms with Gasteiger partial charge < -0.3 is 14.7 Å². The van der Waals surface area contributed by atoms with E-state index in [1.165, 1.54) is 25.7 Å². The minimum atomic E-state index is -1.26. The fourth-order valence-electron chi connectivity index (χ4n) is 8.68. The van der Waals surface area contributed by atoms with E-state index in [-0.39, 0.29) is 36.1 Å². The lowest BCUT2D eigenvalue weighted by Crippen LogP contribution is -2.73. The lowest BCUT2D eigenvalue weighted by atomic mass is 9.64. The Morgan fingerprint density at radius 1 is 1.08 bits per heavy atom. The predicted octanol–water partition coefficient (Wildman–Crippen LogP) is 2.95. The Balaban J connectivity index is 1.23. The molecule has 1 aromatic heterocycles. The molecule has 2 saturated heterocycles.